The van der Waals surface area contributed by atoms with Crippen LogP contribution in [0, 0.1) is 11.8 Å². The van der Waals surface area contributed by atoms with E-state index in [0.717, 1.165) is 19.3 Å². The zero-order chi connectivity index (χ0) is 20.4. The first kappa shape index (κ1) is 23.4. The highest BCUT2D eigenvalue weighted by Crippen LogP contribution is 2.31. The summed E-state index contributed by atoms with van der Waals surface area (Å²) in [4.78, 5) is 11.4. The van der Waals surface area contributed by atoms with E-state index < -0.39 is 6.10 Å². The van der Waals surface area contributed by atoms with Gasteiger partial charge >= 0.3 is 5.97 Å². The summed E-state index contributed by atoms with van der Waals surface area (Å²) in [7, 11) is 0. The van der Waals surface area contributed by atoms with Crippen molar-refractivity contribution in [2.24, 2.45) is 11.8 Å². The van der Waals surface area contributed by atoms with Gasteiger partial charge in [0, 0.05) is 5.92 Å². The molecule has 4 atom stereocenters. The first-order valence-corrected chi connectivity index (χ1v) is 10.9. The topological polar surface area (TPSA) is 65.0 Å². The van der Waals surface area contributed by atoms with E-state index in [9.17, 15) is 9.90 Å². The summed E-state index contributed by atoms with van der Waals surface area (Å²) in [6, 6.07) is 0. The zero-order valence-corrected chi connectivity index (χ0v) is 17.9. The second-order valence-electron chi connectivity index (χ2n) is 8.01. The molecule has 1 saturated carbocycles. The Balaban J connectivity index is 1.71. The number of aliphatic hydroxyl groups is 1. The molecule has 0 aromatic carbocycles. The number of esters is 1. The molecule has 2 fully saturated rings. The number of rotatable bonds is 10. The predicted molar refractivity (Wildman–Crippen MR) is 110 cm³/mol. The van der Waals surface area contributed by atoms with E-state index in [1.165, 1.54) is 19.3 Å². The van der Waals surface area contributed by atoms with Gasteiger partial charge in [0.05, 0.1) is 36.9 Å². The van der Waals surface area contributed by atoms with Crippen molar-refractivity contribution < 1.29 is 24.1 Å². The molecule has 0 aromatic rings. The molecule has 0 aromatic heterocycles. The van der Waals surface area contributed by atoms with Crippen LogP contribution in [-0.4, -0.2) is 54.6 Å². The minimum atomic E-state index is -0.395. The lowest BCUT2D eigenvalue weighted by atomic mass is 9.85. The highest BCUT2D eigenvalue weighted by Gasteiger charge is 2.33. The van der Waals surface area contributed by atoms with Crippen molar-refractivity contribution in [3.05, 3.63) is 24.3 Å². The number of allylic oxidation sites excluding steroid dienone is 1. The van der Waals surface area contributed by atoms with Crippen LogP contribution in [0.1, 0.15) is 52.4 Å². The Kier molecular flexibility index (Phi) is 10.6. The van der Waals surface area contributed by atoms with Crippen LogP contribution in [0.3, 0.4) is 0 Å². The van der Waals surface area contributed by atoms with E-state index in [-0.39, 0.29) is 36.1 Å². The normalized spacial score (nSPS) is 27.8. The second kappa shape index (κ2) is 12.6. The molecule has 160 valence electrons. The average molecular weight is 415 g/mol. The lowest BCUT2D eigenvalue weighted by molar-refractivity contribution is -0.152. The highest BCUT2D eigenvalue weighted by molar-refractivity contribution is 6.21. The Hall–Kier alpha value is -0.880. The van der Waals surface area contributed by atoms with E-state index in [4.69, 9.17) is 25.8 Å². The number of hydrogen-bond acceptors (Lipinski definition) is 5. The fourth-order valence-electron chi connectivity index (χ4n) is 3.82. The fraction of sp³-hybridized carbons (Fsp3) is 0.773. The standard InChI is InChI=1S/C22H35ClO5/c1-16(2)28-22(25)15-26-13-7-6-10-18-19(23)14-27-21(18)12-11-20(24)17-8-4-3-5-9-17/h6-7,11-12,16-21,24H,3-5,8-10,13-15H2,1-2H3/b7-6-,12-11+/t18-,19+,20+,21+/m0/s1. The Morgan fingerprint density at radius 2 is 2.00 bits per heavy atom. The minimum absolute atomic E-state index is 0.0440. The number of aliphatic hydroxyl groups excluding tert-OH is 1. The molecule has 2 aliphatic rings. The van der Waals surface area contributed by atoms with Gasteiger partial charge in [-0.2, -0.15) is 0 Å². The van der Waals surface area contributed by atoms with Crippen LogP contribution in [0.5, 0.6) is 0 Å². The molecule has 1 N–H and O–H groups in total. The van der Waals surface area contributed by atoms with Gasteiger partial charge < -0.3 is 19.3 Å². The molecule has 28 heavy (non-hydrogen) atoms. The van der Waals surface area contributed by atoms with Gasteiger partial charge in [0.2, 0.25) is 0 Å². The van der Waals surface area contributed by atoms with Gasteiger partial charge in [-0.25, -0.2) is 4.79 Å². The van der Waals surface area contributed by atoms with Gasteiger partial charge in [-0.05, 0) is 39.0 Å². The first-order valence-electron chi connectivity index (χ1n) is 10.5. The smallest absolute Gasteiger partial charge is 0.332 e. The minimum Gasteiger partial charge on any atom is -0.461 e. The van der Waals surface area contributed by atoms with Gasteiger partial charge in [0.1, 0.15) is 6.61 Å². The van der Waals surface area contributed by atoms with Crippen LogP contribution in [-0.2, 0) is 19.0 Å². The Morgan fingerprint density at radius 3 is 2.71 bits per heavy atom. The molecule has 6 heteroatoms. The van der Waals surface area contributed by atoms with E-state index >= 15 is 0 Å². The van der Waals surface area contributed by atoms with Gasteiger partial charge in [0.15, 0.2) is 0 Å². The van der Waals surface area contributed by atoms with Crippen molar-refractivity contribution in [3.63, 3.8) is 0 Å². The monoisotopic (exact) mass is 414 g/mol. The third-order valence-corrected chi connectivity index (χ3v) is 5.79. The summed E-state index contributed by atoms with van der Waals surface area (Å²) in [5.41, 5.74) is 0. The lowest BCUT2D eigenvalue weighted by Crippen LogP contribution is -2.23. The SMILES string of the molecule is CC(C)OC(=O)COC/C=C\C[C@H]1[C@H](Cl)CO[C@@H]1/C=C/[C@@H](O)C1CCCCC1. The number of hydrogen-bond donors (Lipinski definition) is 1. The molecule has 1 aliphatic carbocycles. The molecule has 5 nitrogen and oxygen atoms in total. The Bertz CT molecular complexity index is 513. The van der Waals surface area contributed by atoms with Crippen molar-refractivity contribution in [3.8, 4) is 0 Å². The quantitative estimate of drug-likeness (QED) is 0.253. The van der Waals surface area contributed by atoms with Gasteiger partial charge in [0.25, 0.3) is 0 Å². The molecule has 1 aliphatic heterocycles. The summed E-state index contributed by atoms with van der Waals surface area (Å²) < 4.78 is 16.1. The van der Waals surface area contributed by atoms with Gasteiger partial charge in [-0.1, -0.05) is 43.6 Å². The van der Waals surface area contributed by atoms with Crippen LogP contribution >= 0.6 is 11.6 Å². The van der Waals surface area contributed by atoms with E-state index in [2.05, 4.69) is 0 Å². The molecular formula is C22H35ClO5. The number of halogens is 1. The van der Waals surface area contributed by atoms with Gasteiger partial charge in [-0.15, -0.1) is 11.6 Å². The third-order valence-electron chi connectivity index (χ3n) is 5.34. The van der Waals surface area contributed by atoms with Crippen molar-refractivity contribution in [1.82, 2.24) is 0 Å². The summed E-state index contributed by atoms with van der Waals surface area (Å²) in [6.07, 6.45) is 13.9. The summed E-state index contributed by atoms with van der Waals surface area (Å²) in [5, 5.41) is 10.4. The highest BCUT2D eigenvalue weighted by atomic mass is 35.5. The molecule has 0 bridgehead atoms. The third kappa shape index (κ3) is 8.24. The van der Waals surface area contributed by atoms with E-state index in [1.54, 1.807) is 0 Å². The summed E-state index contributed by atoms with van der Waals surface area (Å²) in [6.45, 7) is 4.45. The van der Waals surface area contributed by atoms with Crippen LogP contribution in [0.15, 0.2) is 24.3 Å². The lowest BCUT2D eigenvalue weighted by Gasteiger charge is -2.25. The maximum atomic E-state index is 11.4. The van der Waals surface area contributed by atoms with Crippen LogP contribution in [0.25, 0.3) is 0 Å². The Labute approximate surface area is 174 Å². The molecule has 2 rings (SSSR count). The Morgan fingerprint density at radius 1 is 1.25 bits per heavy atom. The van der Waals surface area contributed by atoms with Crippen LogP contribution in [0.4, 0.5) is 0 Å². The van der Waals surface area contributed by atoms with E-state index in [1.807, 2.05) is 38.2 Å². The number of ether oxygens (including phenoxy) is 3. The molecular weight excluding hydrogens is 380 g/mol. The van der Waals surface area contributed by atoms with Crippen molar-refractivity contribution in [1.29, 1.82) is 0 Å². The molecule has 1 heterocycles. The number of alkyl halides is 1. The second-order valence-corrected chi connectivity index (χ2v) is 8.57. The van der Waals surface area contributed by atoms with Crippen molar-refractivity contribution in [2.45, 2.75) is 76.1 Å². The average Bonchev–Trinajstić information content (AvgIpc) is 3.02. The van der Waals surface area contributed by atoms with Gasteiger partial charge in [-0.3, -0.25) is 0 Å². The largest absolute Gasteiger partial charge is 0.461 e. The maximum absolute atomic E-state index is 11.4. The maximum Gasteiger partial charge on any atom is 0.332 e. The summed E-state index contributed by atoms with van der Waals surface area (Å²) >= 11 is 6.42. The fourth-order valence-corrected chi connectivity index (χ4v) is 4.14. The molecule has 0 unspecified atom stereocenters. The number of carbonyl (C=O) groups excluding carboxylic acids is 1. The molecule has 0 spiro atoms. The zero-order valence-electron chi connectivity index (χ0n) is 17.1. The van der Waals surface area contributed by atoms with Crippen molar-refractivity contribution >= 4 is 17.6 Å². The van der Waals surface area contributed by atoms with Crippen molar-refractivity contribution in [2.75, 3.05) is 19.8 Å². The first-order chi connectivity index (χ1) is 13.5. The summed E-state index contributed by atoms with van der Waals surface area (Å²) in [5.74, 6) is 0.185. The van der Waals surface area contributed by atoms with Crippen LogP contribution in [0.2, 0.25) is 0 Å². The van der Waals surface area contributed by atoms with Crippen LogP contribution < -0.4 is 0 Å². The molecule has 0 radical (unpaired) electrons. The molecule has 0 amide bonds. The predicted octanol–water partition coefficient (Wildman–Crippen LogP) is 4.02. The number of carbonyl (C=O) groups is 1. The molecule has 1 saturated heterocycles. The van der Waals surface area contributed by atoms with E-state index in [0.29, 0.717) is 19.1 Å².